The van der Waals surface area contributed by atoms with E-state index < -0.39 is 5.97 Å². The highest BCUT2D eigenvalue weighted by molar-refractivity contribution is 7.07. The molecule has 7 heteroatoms. The van der Waals surface area contributed by atoms with Crippen LogP contribution >= 0.6 is 11.3 Å². The van der Waals surface area contributed by atoms with E-state index in [1.54, 1.807) is 5.51 Å². The molecule has 0 radical (unpaired) electrons. The smallest absolute Gasteiger partial charge is 0.337 e. The molecule has 0 aliphatic rings. The minimum Gasteiger partial charge on any atom is -0.478 e. The summed E-state index contributed by atoms with van der Waals surface area (Å²) in [4.78, 5) is 26.1. The highest BCUT2D eigenvalue weighted by Gasteiger charge is 2.10. The van der Waals surface area contributed by atoms with E-state index in [-0.39, 0.29) is 5.56 Å². The highest BCUT2D eigenvalue weighted by Crippen LogP contribution is 2.19. The van der Waals surface area contributed by atoms with Crippen LogP contribution in [0.3, 0.4) is 0 Å². The van der Waals surface area contributed by atoms with E-state index in [0.29, 0.717) is 17.0 Å². The van der Waals surface area contributed by atoms with Crippen molar-refractivity contribution in [2.45, 2.75) is 0 Å². The summed E-state index contributed by atoms with van der Waals surface area (Å²) in [6.45, 7) is 0. The molecule has 2 N–H and O–H groups in total. The summed E-state index contributed by atoms with van der Waals surface area (Å²) in [5, 5.41) is 10.7. The van der Waals surface area contributed by atoms with Crippen molar-refractivity contribution in [3.63, 3.8) is 0 Å². The molecule has 84 valence electrons. The zero-order chi connectivity index (χ0) is 11.8. The molecule has 0 saturated carbocycles. The van der Waals surface area contributed by atoms with Gasteiger partial charge in [-0.3, -0.25) is 0 Å². The van der Waals surface area contributed by atoms with Gasteiger partial charge in [0.2, 0.25) is 0 Å². The molecule has 3 aromatic heterocycles. The van der Waals surface area contributed by atoms with Gasteiger partial charge < -0.3 is 10.1 Å². The first kappa shape index (κ1) is 9.91. The van der Waals surface area contributed by atoms with Crippen molar-refractivity contribution in [1.82, 2.24) is 19.9 Å². The second kappa shape index (κ2) is 3.63. The maximum atomic E-state index is 10.8. The molecule has 0 aliphatic carbocycles. The van der Waals surface area contributed by atoms with Gasteiger partial charge in [0, 0.05) is 11.6 Å². The number of carboxylic acids is 1. The van der Waals surface area contributed by atoms with Crippen molar-refractivity contribution in [2.24, 2.45) is 0 Å². The second-order valence-electron chi connectivity index (χ2n) is 3.36. The number of imidazole rings is 1. The van der Waals surface area contributed by atoms with Crippen molar-refractivity contribution in [3.8, 4) is 11.5 Å². The first-order valence-electron chi connectivity index (χ1n) is 4.71. The van der Waals surface area contributed by atoms with Crippen LogP contribution in [0.5, 0.6) is 0 Å². The van der Waals surface area contributed by atoms with Crippen LogP contribution in [0, 0.1) is 0 Å². The lowest BCUT2D eigenvalue weighted by Crippen LogP contribution is -1.96. The van der Waals surface area contributed by atoms with E-state index in [4.69, 9.17) is 5.11 Å². The van der Waals surface area contributed by atoms with Gasteiger partial charge in [-0.05, 0) is 6.07 Å². The first-order chi connectivity index (χ1) is 8.24. The van der Waals surface area contributed by atoms with E-state index in [1.807, 2.05) is 5.38 Å². The van der Waals surface area contributed by atoms with Gasteiger partial charge in [-0.25, -0.2) is 19.7 Å². The zero-order valence-corrected chi connectivity index (χ0v) is 9.23. The molecule has 0 saturated heterocycles. The molecule has 0 atom stereocenters. The van der Waals surface area contributed by atoms with Gasteiger partial charge in [-0.2, -0.15) is 0 Å². The Kier molecular flexibility index (Phi) is 2.12. The topological polar surface area (TPSA) is 91.8 Å². The molecule has 0 fully saturated rings. The summed E-state index contributed by atoms with van der Waals surface area (Å²) >= 11 is 1.47. The summed E-state index contributed by atoms with van der Waals surface area (Å²) in [5.41, 5.74) is 3.64. The fourth-order valence-electron chi connectivity index (χ4n) is 1.47. The Balaban J connectivity index is 2.16. The summed E-state index contributed by atoms with van der Waals surface area (Å²) in [6, 6.07) is 1.51. The maximum absolute atomic E-state index is 10.8. The van der Waals surface area contributed by atoms with E-state index in [9.17, 15) is 4.79 Å². The van der Waals surface area contributed by atoms with E-state index >= 15 is 0 Å². The average molecular weight is 246 g/mol. The average Bonchev–Trinajstić information content (AvgIpc) is 2.96. The Morgan fingerprint density at radius 2 is 2.29 bits per heavy atom. The molecule has 0 aliphatic heterocycles. The third kappa shape index (κ3) is 1.66. The zero-order valence-electron chi connectivity index (χ0n) is 8.41. The number of carbonyl (C=O) groups is 1. The van der Waals surface area contributed by atoms with Crippen LogP contribution in [0.2, 0.25) is 0 Å². The molecule has 0 bridgehead atoms. The number of rotatable bonds is 2. The van der Waals surface area contributed by atoms with Gasteiger partial charge in [-0.1, -0.05) is 0 Å². The molecule has 0 spiro atoms. The molecule has 3 rings (SSSR count). The van der Waals surface area contributed by atoms with Gasteiger partial charge in [-0.15, -0.1) is 11.3 Å². The fraction of sp³-hybridized carbons (Fsp3) is 0. The van der Waals surface area contributed by atoms with Crippen molar-refractivity contribution < 1.29 is 9.90 Å². The molecule has 0 amide bonds. The number of hydrogen-bond donors (Lipinski definition) is 2. The number of carboxylic acid groups (broad SMARTS) is 1. The predicted molar refractivity (Wildman–Crippen MR) is 62.0 cm³/mol. The number of aromatic nitrogens is 4. The van der Waals surface area contributed by atoms with Gasteiger partial charge in [0.05, 0.1) is 16.6 Å². The van der Waals surface area contributed by atoms with Crippen LogP contribution in [0.4, 0.5) is 0 Å². The molecule has 0 unspecified atom stereocenters. The Labute approximate surface area is 99.0 Å². The number of nitrogens with zero attached hydrogens (tertiary/aromatic N) is 3. The minimum atomic E-state index is -1.01. The first-order valence-corrected chi connectivity index (χ1v) is 5.66. The number of aromatic amines is 1. The molecular formula is C10H6N4O2S. The molecule has 6 nitrogen and oxygen atoms in total. The summed E-state index contributed by atoms with van der Waals surface area (Å²) < 4.78 is 0. The monoisotopic (exact) mass is 246 g/mol. The van der Waals surface area contributed by atoms with Gasteiger partial charge >= 0.3 is 5.97 Å². The van der Waals surface area contributed by atoms with Gasteiger partial charge in [0.1, 0.15) is 5.69 Å². The second-order valence-corrected chi connectivity index (χ2v) is 4.08. The minimum absolute atomic E-state index is 0.131. The number of H-pyrrole nitrogens is 1. The normalized spacial score (nSPS) is 10.8. The standard InChI is InChI=1S/C10H6N4O2S/c15-10(16)5-1-6-8(11-2-5)14-9(13-6)7-3-17-4-12-7/h1-4H,(H,15,16)(H,11,13,14). The number of thiazole rings is 1. The maximum Gasteiger partial charge on any atom is 0.337 e. The van der Waals surface area contributed by atoms with Crippen LogP contribution < -0.4 is 0 Å². The number of nitrogens with one attached hydrogen (secondary N) is 1. The van der Waals surface area contributed by atoms with Crippen LogP contribution in [-0.4, -0.2) is 31.0 Å². The van der Waals surface area contributed by atoms with Crippen LogP contribution in [-0.2, 0) is 0 Å². The number of pyridine rings is 1. The SMILES string of the molecule is O=C(O)c1cnc2nc(-c3cscn3)[nH]c2c1. The molecule has 3 heterocycles. The fourth-order valence-corrected chi connectivity index (χ4v) is 2.00. The summed E-state index contributed by atoms with van der Waals surface area (Å²) in [6.07, 6.45) is 1.29. The predicted octanol–water partition coefficient (Wildman–Crippen LogP) is 1.78. The number of fused-ring (bicyclic) bond motifs is 1. The van der Waals surface area contributed by atoms with Gasteiger partial charge in [0.25, 0.3) is 0 Å². The Bertz CT molecular complexity index is 689. The van der Waals surface area contributed by atoms with Crippen LogP contribution in [0.15, 0.2) is 23.2 Å². The molecule has 0 aromatic carbocycles. The van der Waals surface area contributed by atoms with E-state index in [0.717, 1.165) is 5.69 Å². The van der Waals surface area contributed by atoms with E-state index in [1.165, 1.54) is 23.6 Å². The third-order valence-electron chi connectivity index (χ3n) is 2.26. The largest absolute Gasteiger partial charge is 0.478 e. The molecular weight excluding hydrogens is 240 g/mol. The Morgan fingerprint density at radius 1 is 1.41 bits per heavy atom. The lowest BCUT2D eigenvalue weighted by molar-refractivity contribution is 0.0696. The highest BCUT2D eigenvalue weighted by atomic mass is 32.1. The molecule has 3 aromatic rings. The van der Waals surface area contributed by atoms with Crippen LogP contribution in [0.1, 0.15) is 10.4 Å². The summed E-state index contributed by atoms with van der Waals surface area (Å²) in [5.74, 6) is -0.416. The van der Waals surface area contributed by atoms with Gasteiger partial charge in [0.15, 0.2) is 11.5 Å². The van der Waals surface area contributed by atoms with Crippen molar-refractivity contribution in [2.75, 3.05) is 0 Å². The van der Waals surface area contributed by atoms with E-state index in [2.05, 4.69) is 19.9 Å². The number of hydrogen-bond acceptors (Lipinski definition) is 5. The number of aromatic carboxylic acids is 1. The molecule has 17 heavy (non-hydrogen) atoms. The van der Waals surface area contributed by atoms with Crippen molar-refractivity contribution in [1.29, 1.82) is 0 Å². The van der Waals surface area contributed by atoms with Crippen LogP contribution in [0.25, 0.3) is 22.7 Å². The summed E-state index contributed by atoms with van der Waals surface area (Å²) in [7, 11) is 0. The van der Waals surface area contributed by atoms with Crippen molar-refractivity contribution in [3.05, 3.63) is 28.7 Å². The van der Waals surface area contributed by atoms with Crippen molar-refractivity contribution >= 4 is 28.5 Å². The third-order valence-corrected chi connectivity index (χ3v) is 2.85. The quantitative estimate of drug-likeness (QED) is 0.719. The Hall–Kier alpha value is -2.28. The lowest BCUT2D eigenvalue weighted by atomic mass is 10.3. The lowest BCUT2D eigenvalue weighted by Gasteiger charge is -1.91. The Morgan fingerprint density at radius 3 is 3.00 bits per heavy atom.